The van der Waals surface area contributed by atoms with E-state index in [0.717, 1.165) is 16.5 Å². The van der Waals surface area contributed by atoms with Crippen LogP contribution in [0.2, 0.25) is 0 Å². The van der Waals surface area contributed by atoms with E-state index in [0.29, 0.717) is 18.8 Å². The summed E-state index contributed by atoms with van der Waals surface area (Å²) in [4.78, 5) is 15.2. The van der Waals surface area contributed by atoms with E-state index in [1.54, 1.807) is 0 Å². The van der Waals surface area contributed by atoms with Gasteiger partial charge in [0.15, 0.2) is 0 Å². The Morgan fingerprint density at radius 1 is 1.41 bits per heavy atom. The molecular weight excluding hydrogens is 276 g/mol. The number of carbonyl (C=O) groups excluding carboxylic acids is 1. The average Bonchev–Trinajstić information content (AvgIpc) is 2.89. The summed E-state index contributed by atoms with van der Waals surface area (Å²) in [7, 11) is 0. The van der Waals surface area contributed by atoms with E-state index in [-0.39, 0.29) is 5.91 Å². The molecule has 0 bridgehead atoms. The van der Waals surface area contributed by atoms with Crippen molar-refractivity contribution in [2.75, 3.05) is 0 Å². The number of aromatic amines is 1. The first-order valence-electron chi connectivity index (χ1n) is 7.51. The van der Waals surface area contributed by atoms with E-state index in [2.05, 4.69) is 16.4 Å². The Balaban J connectivity index is 2.04. The van der Waals surface area contributed by atoms with Gasteiger partial charge in [0, 0.05) is 23.5 Å². The summed E-state index contributed by atoms with van der Waals surface area (Å²) >= 11 is 0. The summed E-state index contributed by atoms with van der Waals surface area (Å²) in [5.74, 6) is 0.0787. The summed E-state index contributed by atoms with van der Waals surface area (Å²) in [5, 5.41) is 13.1. The summed E-state index contributed by atoms with van der Waals surface area (Å²) in [5.41, 5.74) is 7.90. The van der Waals surface area contributed by atoms with Crippen LogP contribution in [0.1, 0.15) is 25.8 Å². The minimum Gasteiger partial charge on any atom is -0.361 e. The number of fused-ring (bicyclic) bond motifs is 1. The fraction of sp³-hybridized carbons (Fsp3) is 0.412. The van der Waals surface area contributed by atoms with E-state index >= 15 is 0 Å². The summed E-state index contributed by atoms with van der Waals surface area (Å²) in [6, 6.07) is 8.89. The van der Waals surface area contributed by atoms with Crippen LogP contribution in [0.25, 0.3) is 10.9 Å². The summed E-state index contributed by atoms with van der Waals surface area (Å²) < 4.78 is 0. The Morgan fingerprint density at radius 2 is 2.14 bits per heavy atom. The van der Waals surface area contributed by atoms with Crippen LogP contribution in [0, 0.1) is 17.2 Å². The number of H-pyrrole nitrogens is 1. The summed E-state index contributed by atoms with van der Waals surface area (Å²) in [6.45, 7) is 4.03. The molecule has 0 fully saturated rings. The minimum absolute atomic E-state index is 0.264. The van der Waals surface area contributed by atoms with Crippen LogP contribution in [0.5, 0.6) is 0 Å². The zero-order valence-electron chi connectivity index (χ0n) is 13.0. The fourth-order valence-corrected chi connectivity index (χ4v) is 2.54. The predicted molar refractivity (Wildman–Crippen MR) is 87.0 cm³/mol. The topological polar surface area (TPSA) is 94.7 Å². The number of benzene rings is 1. The van der Waals surface area contributed by atoms with Crippen molar-refractivity contribution < 1.29 is 4.79 Å². The number of aromatic nitrogens is 1. The first kappa shape index (κ1) is 16.1. The van der Waals surface area contributed by atoms with E-state index in [1.807, 2.05) is 44.3 Å². The van der Waals surface area contributed by atoms with Crippen LogP contribution >= 0.6 is 0 Å². The molecule has 0 aliphatic heterocycles. The maximum absolute atomic E-state index is 12.0. The normalized spacial score (nSPS) is 13.8. The lowest BCUT2D eigenvalue weighted by atomic mass is 10.0. The third-order valence-electron chi connectivity index (χ3n) is 3.63. The second-order valence-electron chi connectivity index (χ2n) is 5.99. The first-order chi connectivity index (χ1) is 10.5. The Bertz CT molecular complexity index is 683. The average molecular weight is 298 g/mol. The number of hydrogen-bond donors (Lipinski definition) is 3. The van der Waals surface area contributed by atoms with Gasteiger partial charge >= 0.3 is 0 Å². The molecule has 1 aromatic carbocycles. The number of para-hydroxylation sites is 1. The number of hydrogen-bond acceptors (Lipinski definition) is 3. The van der Waals surface area contributed by atoms with Gasteiger partial charge in [0.2, 0.25) is 5.91 Å². The van der Waals surface area contributed by atoms with Crippen molar-refractivity contribution in [2.24, 2.45) is 11.7 Å². The SMILES string of the molecule is CC(C)CC(N)C(=O)NC(C#N)Cc1c[nH]c2ccccc12. The van der Waals surface area contributed by atoms with E-state index in [4.69, 9.17) is 5.73 Å². The molecule has 5 nitrogen and oxygen atoms in total. The molecule has 0 radical (unpaired) electrons. The van der Waals surface area contributed by atoms with E-state index in [9.17, 15) is 10.1 Å². The van der Waals surface area contributed by atoms with Crippen LogP contribution in [-0.4, -0.2) is 23.0 Å². The molecule has 22 heavy (non-hydrogen) atoms. The van der Waals surface area contributed by atoms with Crippen molar-refractivity contribution in [3.8, 4) is 6.07 Å². The fourth-order valence-electron chi connectivity index (χ4n) is 2.54. The van der Waals surface area contributed by atoms with Gasteiger partial charge in [0.05, 0.1) is 12.1 Å². The molecule has 0 saturated heterocycles. The van der Waals surface area contributed by atoms with Crippen LogP contribution in [0.15, 0.2) is 30.5 Å². The number of nitriles is 1. The third-order valence-corrected chi connectivity index (χ3v) is 3.63. The number of nitrogens with two attached hydrogens (primary N) is 1. The molecule has 0 aliphatic rings. The summed E-state index contributed by atoms with van der Waals surface area (Å²) in [6.07, 6.45) is 2.95. The number of rotatable bonds is 6. The molecule has 5 heteroatoms. The molecule has 2 atom stereocenters. The van der Waals surface area contributed by atoms with E-state index in [1.165, 1.54) is 0 Å². The second-order valence-corrected chi connectivity index (χ2v) is 5.99. The van der Waals surface area contributed by atoms with Crippen molar-refractivity contribution in [3.05, 3.63) is 36.0 Å². The van der Waals surface area contributed by atoms with Crippen LogP contribution in [0.4, 0.5) is 0 Å². The molecule has 2 rings (SSSR count). The van der Waals surface area contributed by atoms with Gasteiger partial charge in [-0.2, -0.15) is 5.26 Å². The smallest absolute Gasteiger partial charge is 0.237 e. The monoisotopic (exact) mass is 298 g/mol. The van der Waals surface area contributed by atoms with Crippen LogP contribution in [0.3, 0.4) is 0 Å². The van der Waals surface area contributed by atoms with Crippen molar-refractivity contribution in [3.63, 3.8) is 0 Å². The maximum atomic E-state index is 12.0. The van der Waals surface area contributed by atoms with E-state index < -0.39 is 12.1 Å². The lowest BCUT2D eigenvalue weighted by Crippen LogP contribution is -2.46. The third kappa shape index (κ3) is 3.86. The van der Waals surface area contributed by atoms with Crippen LogP contribution in [-0.2, 0) is 11.2 Å². The molecule has 0 spiro atoms. The van der Waals surface area contributed by atoms with Crippen molar-refractivity contribution >= 4 is 16.8 Å². The quantitative estimate of drug-likeness (QED) is 0.762. The highest BCUT2D eigenvalue weighted by molar-refractivity contribution is 5.84. The highest BCUT2D eigenvalue weighted by Gasteiger charge is 2.19. The van der Waals surface area contributed by atoms with Crippen molar-refractivity contribution in [2.45, 2.75) is 38.8 Å². The van der Waals surface area contributed by atoms with Gasteiger partial charge in [-0.25, -0.2) is 0 Å². The second kappa shape index (κ2) is 7.10. The van der Waals surface area contributed by atoms with Gasteiger partial charge in [0.25, 0.3) is 0 Å². The van der Waals surface area contributed by atoms with Gasteiger partial charge in [-0.1, -0.05) is 32.0 Å². The van der Waals surface area contributed by atoms with Gasteiger partial charge in [-0.15, -0.1) is 0 Å². The Kier molecular flexibility index (Phi) is 5.18. The molecular formula is C17H22N4O. The molecule has 1 amide bonds. The van der Waals surface area contributed by atoms with Gasteiger partial charge in [-0.05, 0) is 24.0 Å². The Labute approximate surface area is 130 Å². The molecule has 0 saturated carbocycles. The molecule has 1 aromatic heterocycles. The number of nitrogens with one attached hydrogen (secondary N) is 2. The standard InChI is InChI=1S/C17H22N4O/c1-11(2)7-15(19)17(22)21-13(9-18)8-12-10-20-16-6-4-3-5-14(12)16/h3-6,10-11,13,15,20H,7-8,19H2,1-2H3,(H,21,22). The zero-order chi connectivity index (χ0) is 16.1. The molecule has 4 N–H and O–H groups in total. The predicted octanol–water partition coefficient (Wildman–Crippen LogP) is 2.09. The molecule has 2 unspecified atom stereocenters. The van der Waals surface area contributed by atoms with Gasteiger partial charge < -0.3 is 16.0 Å². The number of amides is 1. The van der Waals surface area contributed by atoms with Crippen molar-refractivity contribution in [1.82, 2.24) is 10.3 Å². The zero-order valence-corrected chi connectivity index (χ0v) is 13.0. The maximum Gasteiger partial charge on any atom is 0.237 e. The number of carbonyl (C=O) groups is 1. The Hall–Kier alpha value is -2.32. The molecule has 0 aliphatic carbocycles. The lowest BCUT2D eigenvalue weighted by molar-refractivity contribution is -0.123. The van der Waals surface area contributed by atoms with Gasteiger partial charge in [0.1, 0.15) is 6.04 Å². The highest BCUT2D eigenvalue weighted by Crippen LogP contribution is 2.19. The Morgan fingerprint density at radius 3 is 2.82 bits per heavy atom. The van der Waals surface area contributed by atoms with Crippen LogP contribution < -0.4 is 11.1 Å². The van der Waals surface area contributed by atoms with Gasteiger partial charge in [-0.3, -0.25) is 4.79 Å². The molecule has 2 aromatic rings. The van der Waals surface area contributed by atoms with Crippen molar-refractivity contribution in [1.29, 1.82) is 5.26 Å². The lowest BCUT2D eigenvalue weighted by Gasteiger charge is -2.17. The largest absolute Gasteiger partial charge is 0.361 e. The minimum atomic E-state index is -0.579. The molecule has 116 valence electrons. The number of nitrogens with zero attached hydrogens (tertiary/aromatic N) is 1. The first-order valence-corrected chi connectivity index (χ1v) is 7.51. The highest BCUT2D eigenvalue weighted by atomic mass is 16.2. The molecule has 1 heterocycles.